The van der Waals surface area contributed by atoms with Gasteiger partial charge in [0.1, 0.15) is 0 Å². The molecule has 2 rings (SSSR count). The van der Waals surface area contributed by atoms with Crippen LogP contribution in [0.4, 0.5) is 0 Å². The van der Waals surface area contributed by atoms with Gasteiger partial charge in [-0.25, -0.2) is 0 Å². The molecule has 4 nitrogen and oxygen atoms in total. The normalized spacial score (nSPS) is 33.6. The molecule has 1 aliphatic carbocycles. The van der Waals surface area contributed by atoms with E-state index in [4.69, 9.17) is 5.73 Å². The van der Waals surface area contributed by atoms with Crippen LogP contribution in [0.3, 0.4) is 0 Å². The van der Waals surface area contributed by atoms with Crippen molar-refractivity contribution >= 4 is 5.91 Å². The molecule has 18 heavy (non-hydrogen) atoms. The van der Waals surface area contributed by atoms with E-state index >= 15 is 0 Å². The minimum Gasteiger partial charge on any atom is -0.342 e. The summed E-state index contributed by atoms with van der Waals surface area (Å²) in [6.07, 6.45) is 5.84. The molecule has 0 radical (unpaired) electrons. The maximum atomic E-state index is 12.5. The standard InChI is InChI=1S/C14H27N3O/c1-16-8-7-12(10-16)14(18)17(2)13-6-4-3-5-11(13)9-15/h11-13H,3-10,15H2,1-2H3. The number of carbonyl (C=O) groups excluding carboxylic acids is 1. The largest absolute Gasteiger partial charge is 0.342 e. The van der Waals surface area contributed by atoms with E-state index in [2.05, 4.69) is 11.9 Å². The summed E-state index contributed by atoms with van der Waals surface area (Å²) in [5, 5.41) is 0. The molecule has 2 N–H and O–H groups in total. The van der Waals surface area contributed by atoms with Crippen molar-refractivity contribution < 1.29 is 4.79 Å². The van der Waals surface area contributed by atoms with Crippen molar-refractivity contribution in [3.8, 4) is 0 Å². The van der Waals surface area contributed by atoms with Gasteiger partial charge in [0.05, 0.1) is 5.92 Å². The van der Waals surface area contributed by atoms with Gasteiger partial charge in [-0.1, -0.05) is 12.8 Å². The third-order valence-corrected chi connectivity index (χ3v) is 4.76. The summed E-state index contributed by atoms with van der Waals surface area (Å²) in [6.45, 7) is 2.69. The molecular formula is C14H27N3O. The van der Waals surface area contributed by atoms with Crippen LogP contribution < -0.4 is 5.73 Å². The van der Waals surface area contributed by atoms with Crippen LogP contribution in [0.2, 0.25) is 0 Å². The van der Waals surface area contributed by atoms with Gasteiger partial charge in [-0.2, -0.15) is 0 Å². The SMILES string of the molecule is CN1CCC(C(=O)N(C)C2CCCCC2CN)C1. The lowest BCUT2D eigenvalue weighted by molar-refractivity contribution is -0.137. The van der Waals surface area contributed by atoms with Gasteiger partial charge in [-0.05, 0) is 45.3 Å². The predicted molar refractivity (Wildman–Crippen MR) is 73.2 cm³/mol. The molecular weight excluding hydrogens is 226 g/mol. The predicted octanol–water partition coefficient (Wildman–Crippen LogP) is 0.914. The Kier molecular flexibility index (Phi) is 4.62. The van der Waals surface area contributed by atoms with E-state index in [-0.39, 0.29) is 5.92 Å². The van der Waals surface area contributed by atoms with Crippen LogP contribution in [0.5, 0.6) is 0 Å². The van der Waals surface area contributed by atoms with Gasteiger partial charge < -0.3 is 15.5 Å². The van der Waals surface area contributed by atoms with Crippen molar-refractivity contribution in [1.82, 2.24) is 9.80 Å². The van der Waals surface area contributed by atoms with Gasteiger partial charge >= 0.3 is 0 Å². The van der Waals surface area contributed by atoms with E-state index in [1.54, 1.807) is 0 Å². The van der Waals surface area contributed by atoms with Crippen molar-refractivity contribution in [1.29, 1.82) is 0 Å². The third kappa shape index (κ3) is 2.86. The Morgan fingerprint density at radius 3 is 2.67 bits per heavy atom. The highest BCUT2D eigenvalue weighted by molar-refractivity contribution is 5.79. The number of amides is 1. The highest BCUT2D eigenvalue weighted by atomic mass is 16.2. The van der Waals surface area contributed by atoms with Gasteiger partial charge in [0.25, 0.3) is 0 Å². The Labute approximate surface area is 110 Å². The van der Waals surface area contributed by atoms with Crippen LogP contribution in [-0.4, -0.2) is 55.5 Å². The number of rotatable bonds is 3. The zero-order valence-corrected chi connectivity index (χ0v) is 11.8. The Morgan fingerprint density at radius 2 is 2.06 bits per heavy atom. The first-order valence-corrected chi connectivity index (χ1v) is 7.28. The van der Waals surface area contributed by atoms with Gasteiger partial charge in [-0.3, -0.25) is 4.79 Å². The first-order valence-electron chi connectivity index (χ1n) is 7.28. The van der Waals surface area contributed by atoms with Crippen LogP contribution in [0.1, 0.15) is 32.1 Å². The lowest BCUT2D eigenvalue weighted by Gasteiger charge is -2.38. The second-order valence-corrected chi connectivity index (χ2v) is 6.04. The monoisotopic (exact) mass is 253 g/mol. The first kappa shape index (κ1) is 13.8. The highest BCUT2D eigenvalue weighted by Crippen LogP contribution is 2.29. The number of hydrogen-bond donors (Lipinski definition) is 1. The van der Waals surface area contributed by atoms with Crippen LogP contribution in [0, 0.1) is 11.8 Å². The summed E-state index contributed by atoms with van der Waals surface area (Å²) < 4.78 is 0. The Balaban J connectivity index is 1.96. The molecule has 1 saturated heterocycles. The molecule has 3 unspecified atom stereocenters. The molecule has 0 aromatic carbocycles. The minimum absolute atomic E-state index is 0.209. The number of hydrogen-bond acceptors (Lipinski definition) is 3. The highest BCUT2D eigenvalue weighted by Gasteiger charge is 2.34. The third-order valence-electron chi connectivity index (χ3n) is 4.76. The van der Waals surface area contributed by atoms with Crippen molar-refractivity contribution in [2.45, 2.75) is 38.1 Å². The summed E-state index contributed by atoms with van der Waals surface area (Å²) in [4.78, 5) is 16.8. The Bertz CT molecular complexity index is 295. The Morgan fingerprint density at radius 1 is 1.33 bits per heavy atom. The maximum absolute atomic E-state index is 12.5. The lowest BCUT2D eigenvalue weighted by atomic mass is 9.83. The van der Waals surface area contributed by atoms with E-state index in [1.807, 2.05) is 11.9 Å². The molecule has 2 aliphatic rings. The second-order valence-electron chi connectivity index (χ2n) is 6.04. The van der Waals surface area contributed by atoms with Crippen LogP contribution in [0.25, 0.3) is 0 Å². The molecule has 0 spiro atoms. The fourth-order valence-electron chi connectivity index (χ4n) is 3.56. The van der Waals surface area contributed by atoms with Crippen LogP contribution in [0.15, 0.2) is 0 Å². The van der Waals surface area contributed by atoms with Gasteiger partial charge in [0.2, 0.25) is 5.91 Å². The lowest BCUT2D eigenvalue weighted by Crippen LogP contribution is -2.48. The number of nitrogens with zero attached hydrogens (tertiary/aromatic N) is 2. The topological polar surface area (TPSA) is 49.6 Å². The molecule has 3 atom stereocenters. The quantitative estimate of drug-likeness (QED) is 0.813. The van der Waals surface area contributed by atoms with E-state index in [0.717, 1.165) is 25.9 Å². The average Bonchev–Trinajstić information content (AvgIpc) is 2.83. The molecule has 2 fully saturated rings. The molecule has 0 aromatic rings. The maximum Gasteiger partial charge on any atom is 0.227 e. The number of carbonyl (C=O) groups is 1. The smallest absolute Gasteiger partial charge is 0.227 e. The molecule has 1 saturated carbocycles. The number of nitrogens with two attached hydrogens (primary N) is 1. The summed E-state index contributed by atoms with van der Waals surface area (Å²) in [5.41, 5.74) is 5.86. The molecule has 4 heteroatoms. The van der Waals surface area contributed by atoms with Crippen LogP contribution >= 0.6 is 0 Å². The van der Waals surface area contributed by atoms with Crippen molar-refractivity contribution in [3.05, 3.63) is 0 Å². The van der Waals surface area contributed by atoms with Gasteiger partial charge in [-0.15, -0.1) is 0 Å². The van der Waals surface area contributed by atoms with E-state index in [0.29, 0.717) is 24.4 Å². The van der Waals surface area contributed by atoms with E-state index in [1.165, 1.54) is 19.3 Å². The number of likely N-dealkylation sites (tertiary alicyclic amines) is 1. The zero-order chi connectivity index (χ0) is 13.1. The van der Waals surface area contributed by atoms with Gasteiger partial charge in [0.15, 0.2) is 0 Å². The fourth-order valence-corrected chi connectivity index (χ4v) is 3.56. The summed E-state index contributed by atoms with van der Waals surface area (Å²) in [7, 11) is 4.08. The average molecular weight is 253 g/mol. The molecule has 1 heterocycles. The second kappa shape index (κ2) is 6.02. The minimum atomic E-state index is 0.209. The fraction of sp³-hybridized carbons (Fsp3) is 0.929. The van der Waals surface area contributed by atoms with Crippen molar-refractivity contribution in [3.63, 3.8) is 0 Å². The van der Waals surface area contributed by atoms with E-state index < -0.39 is 0 Å². The van der Waals surface area contributed by atoms with Crippen molar-refractivity contribution in [2.24, 2.45) is 17.6 Å². The summed E-state index contributed by atoms with van der Waals surface area (Å²) in [5.74, 6) is 1.05. The molecule has 0 aromatic heterocycles. The van der Waals surface area contributed by atoms with Crippen molar-refractivity contribution in [2.75, 3.05) is 33.7 Å². The van der Waals surface area contributed by atoms with Crippen LogP contribution in [-0.2, 0) is 4.79 Å². The zero-order valence-electron chi connectivity index (χ0n) is 11.8. The Hall–Kier alpha value is -0.610. The molecule has 0 bridgehead atoms. The summed E-state index contributed by atoms with van der Waals surface area (Å²) in [6, 6.07) is 0.377. The first-order chi connectivity index (χ1) is 8.63. The van der Waals surface area contributed by atoms with Gasteiger partial charge in [0, 0.05) is 19.6 Å². The molecule has 1 amide bonds. The summed E-state index contributed by atoms with van der Waals surface area (Å²) >= 11 is 0. The molecule has 1 aliphatic heterocycles. The molecule has 104 valence electrons. The van der Waals surface area contributed by atoms with E-state index in [9.17, 15) is 4.79 Å².